The van der Waals surface area contributed by atoms with E-state index in [0.29, 0.717) is 5.02 Å². The summed E-state index contributed by atoms with van der Waals surface area (Å²) in [5, 5.41) is 12.4. The van der Waals surface area contributed by atoms with Gasteiger partial charge < -0.3 is 10.4 Å². The third-order valence-electron chi connectivity index (χ3n) is 2.45. The molecule has 18 heavy (non-hydrogen) atoms. The smallest absolute Gasteiger partial charge is 0.255 e. The predicted molar refractivity (Wildman–Crippen MR) is 69.9 cm³/mol. The largest absolute Gasteiger partial charge is 0.507 e. The Kier molecular flexibility index (Phi) is 4.35. The Morgan fingerprint density at radius 3 is 2.44 bits per heavy atom. The molecule has 0 spiro atoms. The summed E-state index contributed by atoms with van der Waals surface area (Å²) in [5.41, 5.74) is -0.406. The molecule has 0 aliphatic carbocycles. The van der Waals surface area contributed by atoms with Gasteiger partial charge in [-0.1, -0.05) is 32.4 Å². The third kappa shape index (κ3) is 3.74. The molecule has 0 unspecified atom stereocenters. The summed E-state index contributed by atoms with van der Waals surface area (Å²) in [6.45, 7) is 5.27. The van der Waals surface area contributed by atoms with Crippen molar-refractivity contribution < 1.29 is 14.7 Å². The van der Waals surface area contributed by atoms with Gasteiger partial charge in [-0.3, -0.25) is 9.59 Å². The van der Waals surface area contributed by atoms with Gasteiger partial charge in [0.05, 0.1) is 12.1 Å². The Labute approximate surface area is 111 Å². The lowest BCUT2D eigenvalue weighted by Crippen LogP contribution is -2.35. The van der Waals surface area contributed by atoms with Crippen LogP contribution in [0, 0.1) is 5.41 Å². The van der Waals surface area contributed by atoms with E-state index in [1.165, 1.54) is 18.2 Å². The van der Waals surface area contributed by atoms with Gasteiger partial charge >= 0.3 is 0 Å². The van der Waals surface area contributed by atoms with Crippen LogP contribution >= 0.6 is 11.6 Å². The monoisotopic (exact) mass is 269 g/mol. The molecule has 1 amide bonds. The van der Waals surface area contributed by atoms with Gasteiger partial charge in [0.1, 0.15) is 5.75 Å². The molecule has 0 radical (unpaired) electrons. The number of hydrogen-bond acceptors (Lipinski definition) is 3. The standard InChI is InChI=1S/C13H16ClNO3/c1-13(2,3)11(17)7-15-12(18)9-5-4-8(14)6-10(9)16/h4-6,16H,7H2,1-3H3,(H,15,18). The minimum Gasteiger partial charge on any atom is -0.507 e. The Hall–Kier alpha value is -1.55. The SMILES string of the molecule is CC(C)(C)C(=O)CNC(=O)c1ccc(Cl)cc1O. The summed E-state index contributed by atoms with van der Waals surface area (Å²) in [4.78, 5) is 23.4. The molecule has 1 aromatic carbocycles. The molecular formula is C13H16ClNO3. The first-order valence-corrected chi connectivity index (χ1v) is 5.89. The van der Waals surface area contributed by atoms with Gasteiger partial charge in [-0.05, 0) is 18.2 Å². The fourth-order valence-corrected chi connectivity index (χ4v) is 1.38. The van der Waals surface area contributed by atoms with Gasteiger partial charge in [-0.2, -0.15) is 0 Å². The molecule has 0 aliphatic heterocycles. The number of nitrogens with one attached hydrogen (secondary N) is 1. The molecule has 5 heteroatoms. The number of Topliss-reactive ketones (excluding diaryl/α,β-unsaturated/α-hetero) is 1. The topological polar surface area (TPSA) is 66.4 Å². The second kappa shape index (κ2) is 5.40. The quantitative estimate of drug-likeness (QED) is 0.885. The number of benzene rings is 1. The van der Waals surface area contributed by atoms with Crippen molar-refractivity contribution in [3.05, 3.63) is 28.8 Å². The molecular weight excluding hydrogens is 254 g/mol. The van der Waals surface area contributed by atoms with Crippen molar-refractivity contribution >= 4 is 23.3 Å². The number of amides is 1. The minimum atomic E-state index is -0.505. The van der Waals surface area contributed by atoms with E-state index in [9.17, 15) is 14.7 Å². The van der Waals surface area contributed by atoms with Crippen LogP contribution in [0.5, 0.6) is 5.75 Å². The first-order chi connectivity index (χ1) is 8.21. The lowest BCUT2D eigenvalue weighted by atomic mass is 9.91. The zero-order valence-corrected chi connectivity index (χ0v) is 11.3. The maximum atomic E-state index is 11.7. The van der Waals surface area contributed by atoms with Crippen LogP contribution in [-0.2, 0) is 4.79 Å². The summed E-state index contributed by atoms with van der Waals surface area (Å²) < 4.78 is 0. The molecule has 2 N–H and O–H groups in total. The number of phenolic OH excluding ortho intramolecular Hbond substituents is 1. The maximum Gasteiger partial charge on any atom is 0.255 e. The van der Waals surface area contributed by atoms with Crippen molar-refractivity contribution in [2.75, 3.05) is 6.54 Å². The van der Waals surface area contributed by atoms with Gasteiger partial charge in [0.15, 0.2) is 5.78 Å². The van der Waals surface area contributed by atoms with Crippen LogP contribution in [0.1, 0.15) is 31.1 Å². The fraction of sp³-hybridized carbons (Fsp3) is 0.385. The molecule has 1 rings (SSSR count). The second-order valence-corrected chi connectivity index (χ2v) is 5.45. The fourth-order valence-electron chi connectivity index (χ4n) is 1.22. The molecule has 4 nitrogen and oxygen atoms in total. The molecule has 0 fully saturated rings. The Balaban J connectivity index is 2.70. The van der Waals surface area contributed by atoms with E-state index in [1.54, 1.807) is 20.8 Å². The van der Waals surface area contributed by atoms with Gasteiger partial charge in [-0.25, -0.2) is 0 Å². The Morgan fingerprint density at radius 1 is 1.33 bits per heavy atom. The molecule has 0 saturated carbocycles. The summed E-state index contributed by atoms with van der Waals surface area (Å²) in [5.74, 6) is -0.783. The summed E-state index contributed by atoms with van der Waals surface area (Å²) in [6, 6.07) is 4.19. The molecule has 0 aromatic heterocycles. The molecule has 0 atom stereocenters. The molecule has 1 aromatic rings. The van der Waals surface area contributed by atoms with Gasteiger partial charge in [0.2, 0.25) is 0 Å². The van der Waals surface area contributed by atoms with Crippen molar-refractivity contribution in [1.29, 1.82) is 0 Å². The average Bonchev–Trinajstić information content (AvgIpc) is 2.24. The maximum absolute atomic E-state index is 11.7. The summed E-state index contributed by atoms with van der Waals surface area (Å²) in [7, 11) is 0. The van der Waals surface area contributed by atoms with E-state index >= 15 is 0 Å². The van der Waals surface area contributed by atoms with Crippen LogP contribution < -0.4 is 5.32 Å². The molecule has 0 saturated heterocycles. The summed E-state index contributed by atoms with van der Waals surface area (Å²) >= 11 is 5.66. The van der Waals surface area contributed by atoms with E-state index in [-0.39, 0.29) is 23.6 Å². The van der Waals surface area contributed by atoms with Crippen LogP contribution in [0.4, 0.5) is 0 Å². The predicted octanol–water partition coefficient (Wildman–Crippen LogP) is 2.39. The zero-order chi connectivity index (χ0) is 13.9. The highest BCUT2D eigenvalue weighted by atomic mass is 35.5. The molecule has 98 valence electrons. The van der Waals surface area contributed by atoms with Crippen molar-refractivity contribution in [3.8, 4) is 5.75 Å². The number of ketones is 1. The van der Waals surface area contributed by atoms with Crippen molar-refractivity contribution in [3.63, 3.8) is 0 Å². The number of carbonyl (C=O) groups is 2. The first-order valence-electron chi connectivity index (χ1n) is 5.52. The lowest BCUT2D eigenvalue weighted by molar-refractivity contribution is -0.125. The van der Waals surface area contributed by atoms with E-state index < -0.39 is 11.3 Å². The van der Waals surface area contributed by atoms with Crippen LogP contribution in [0.25, 0.3) is 0 Å². The highest BCUT2D eigenvalue weighted by Crippen LogP contribution is 2.21. The lowest BCUT2D eigenvalue weighted by Gasteiger charge is -2.16. The zero-order valence-electron chi connectivity index (χ0n) is 10.6. The van der Waals surface area contributed by atoms with Gasteiger partial charge in [0, 0.05) is 10.4 Å². The number of rotatable bonds is 3. The van der Waals surface area contributed by atoms with E-state index in [4.69, 9.17) is 11.6 Å². The number of carbonyl (C=O) groups excluding carboxylic acids is 2. The average molecular weight is 270 g/mol. The number of hydrogen-bond donors (Lipinski definition) is 2. The first kappa shape index (κ1) is 14.5. The Morgan fingerprint density at radius 2 is 1.94 bits per heavy atom. The van der Waals surface area contributed by atoms with Crippen LogP contribution in [0.15, 0.2) is 18.2 Å². The van der Waals surface area contributed by atoms with Crippen molar-refractivity contribution in [2.45, 2.75) is 20.8 Å². The second-order valence-electron chi connectivity index (χ2n) is 5.02. The number of aromatic hydroxyl groups is 1. The third-order valence-corrected chi connectivity index (χ3v) is 2.69. The highest BCUT2D eigenvalue weighted by Gasteiger charge is 2.22. The molecule has 0 bridgehead atoms. The van der Waals surface area contributed by atoms with Crippen LogP contribution in [-0.4, -0.2) is 23.3 Å². The van der Waals surface area contributed by atoms with Gasteiger partial charge in [0.25, 0.3) is 5.91 Å². The molecule has 0 heterocycles. The van der Waals surface area contributed by atoms with Crippen LogP contribution in [0.2, 0.25) is 5.02 Å². The highest BCUT2D eigenvalue weighted by molar-refractivity contribution is 6.30. The number of halogens is 1. The van der Waals surface area contributed by atoms with Crippen LogP contribution in [0.3, 0.4) is 0 Å². The normalized spacial score (nSPS) is 11.1. The van der Waals surface area contributed by atoms with Gasteiger partial charge in [-0.15, -0.1) is 0 Å². The minimum absolute atomic E-state index is 0.0651. The van der Waals surface area contributed by atoms with E-state index in [0.717, 1.165) is 0 Å². The number of phenols is 1. The Bertz CT molecular complexity index is 478. The van der Waals surface area contributed by atoms with Crippen molar-refractivity contribution in [2.24, 2.45) is 5.41 Å². The van der Waals surface area contributed by atoms with E-state index in [1.807, 2.05) is 0 Å². The summed E-state index contributed by atoms with van der Waals surface area (Å²) in [6.07, 6.45) is 0. The molecule has 0 aliphatic rings. The van der Waals surface area contributed by atoms with E-state index in [2.05, 4.69) is 5.32 Å². The van der Waals surface area contributed by atoms with Crippen molar-refractivity contribution in [1.82, 2.24) is 5.32 Å².